The second-order valence-corrected chi connectivity index (χ2v) is 4.40. The number of hydrogen-bond donors (Lipinski definition) is 3. The summed E-state index contributed by atoms with van der Waals surface area (Å²) in [6, 6.07) is 0. The van der Waals surface area contributed by atoms with Gasteiger partial charge in [-0.1, -0.05) is 0 Å². The molecule has 5 N–H and O–H groups in total. The Morgan fingerprint density at radius 1 is 1.56 bits per heavy atom. The van der Waals surface area contributed by atoms with Crippen LogP contribution in [0.4, 0.5) is 0 Å². The molecule has 0 spiro atoms. The van der Waals surface area contributed by atoms with Crippen LogP contribution in [0.5, 0.6) is 0 Å². The van der Waals surface area contributed by atoms with Crippen molar-refractivity contribution in [3.8, 4) is 0 Å². The van der Waals surface area contributed by atoms with Gasteiger partial charge in [-0.15, -0.1) is 0 Å². The standard InChI is InChI=1S/C8H17N3O2S.O.Zn/c1-6(9)11-3-4-14-5-8(2,10)7(12)13;;/h3-5,10H2,1-2H3,(H2,9,11)(H,12,13);;/t8-;;/m1../s1. The van der Waals surface area contributed by atoms with Crippen LogP contribution in [0.1, 0.15) is 13.8 Å². The number of rotatable bonds is 6. The number of carbonyl (C=O) groups is 1. The van der Waals surface area contributed by atoms with Crippen LogP contribution < -0.4 is 11.5 Å². The molecule has 0 unspecified atom stereocenters. The van der Waals surface area contributed by atoms with E-state index in [1.165, 1.54) is 18.7 Å². The zero-order chi connectivity index (χ0) is 13.2. The summed E-state index contributed by atoms with van der Waals surface area (Å²) in [5.41, 5.74) is 9.69. The second-order valence-electron chi connectivity index (χ2n) is 3.30. The van der Waals surface area contributed by atoms with Crippen LogP contribution in [-0.4, -0.2) is 40.5 Å². The fourth-order valence-corrected chi connectivity index (χ4v) is 1.54. The average Bonchev–Trinajstić information content (AvgIpc) is 2.19. The number of aliphatic carboxylic acids is 1. The third-order valence-corrected chi connectivity index (χ3v) is 2.76. The van der Waals surface area contributed by atoms with E-state index < -0.39 is 11.5 Å². The molecule has 0 radical (unpaired) electrons. The zero-order valence-electron chi connectivity index (χ0n) is 9.60. The molecular formula is C8H17N3O3SZn. The molecule has 0 rings (SSSR count). The van der Waals surface area contributed by atoms with Crippen molar-refractivity contribution in [2.24, 2.45) is 16.5 Å². The summed E-state index contributed by atoms with van der Waals surface area (Å²) in [5, 5.41) is 8.70. The minimum absolute atomic E-state index is 0.125. The number of carboxylic acids is 1. The van der Waals surface area contributed by atoms with E-state index in [9.17, 15) is 4.79 Å². The maximum absolute atomic E-state index is 10.6. The Kier molecular flexibility index (Phi) is 11.1. The van der Waals surface area contributed by atoms with Crippen molar-refractivity contribution < 1.29 is 31.7 Å². The third kappa shape index (κ3) is 10.2. The minimum atomic E-state index is -1.16. The van der Waals surface area contributed by atoms with E-state index in [1.807, 2.05) is 0 Å². The molecule has 6 nitrogen and oxygen atoms in total. The first-order chi connectivity index (χ1) is 7.36. The van der Waals surface area contributed by atoms with Crippen LogP contribution >= 0.6 is 11.8 Å². The van der Waals surface area contributed by atoms with Gasteiger partial charge in [-0.25, -0.2) is 0 Å². The van der Waals surface area contributed by atoms with Gasteiger partial charge in [0.2, 0.25) is 0 Å². The number of thioether (sulfide) groups is 1. The average molecular weight is 301 g/mol. The van der Waals surface area contributed by atoms with E-state index in [-0.39, 0.29) is 18.3 Å². The zero-order valence-corrected chi connectivity index (χ0v) is 13.4. The molecule has 1 atom stereocenters. The van der Waals surface area contributed by atoms with Gasteiger partial charge >= 0.3 is 27.8 Å². The fourth-order valence-electron chi connectivity index (χ4n) is 0.632. The summed E-state index contributed by atoms with van der Waals surface area (Å²) >= 11 is 1.59. The number of nitrogens with two attached hydrogens (primary N) is 2. The Balaban J connectivity index is 0. The van der Waals surface area contributed by atoms with Crippen molar-refractivity contribution in [1.82, 2.24) is 0 Å². The van der Waals surface area contributed by atoms with Gasteiger partial charge in [-0.2, -0.15) is 11.8 Å². The van der Waals surface area contributed by atoms with E-state index in [0.717, 1.165) is 5.75 Å². The van der Waals surface area contributed by atoms with Gasteiger partial charge in [0, 0.05) is 18.1 Å². The summed E-state index contributed by atoms with van der Waals surface area (Å²) in [6.07, 6.45) is 0. The van der Waals surface area contributed by atoms with Crippen LogP contribution in [0.2, 0.25) is 0 Å². The molecule has 0 amide bonds. The van der Waals surface area contributed by atoms with Gasteiger partial charge in [0.25, 0.3) is 0 Å². The van der Waals surface area contributed by atoms with E-state index in [0.29, 0.717) is 18.1 Å². The Hall–Kier alpha value is -0.327. The summed E-state index contributed by atoms with van der Waals surface area (Å²) in [6.45, 7) is 3.82. The Morgan fingerprint density at radius 2 is 2.06 bits per heavy atom. The summed E-state index contributed by atoms with van der Waals surface area (Å²) in [7, 11) is 0. The van der Waals surface area contributed by atoms with Gasteiger partial charge < -0.3 is 16.6 Å². The molecule has 0 aliphatic carbocycles. The van der Waals surface area contributed by atoms with E-state index in [4.69, 9.17) is 20.1 Å². The molecule has 90 valence electrons. The number of amidine groups is 1. The summed E-state index contributed by atoms with van der Waals surface area (Å²) in [5.74, 6) is 0.665. The van der Waals surface area contributed by atoms with Gasteiger partial charge in [-0.05, 0) is 13.8 Å². The topological polar surface area (TPSA) is 119 Å². The van der Waals surface area contributed by atoms with Crippen molar-refractivity contribution in [2.45, 2.75) is 19.4 Å². The van der Waals surface area contributed by atoms with E-state index in [1.54, 1.807) is 6.92 Å². The van der Waals surface area contributed by atoms with Gasteiger partial charge in [0.15, 0.2) is 0 Å². The molecule has 8 heteroatoms. The van der Waals surface area contributed by atoms with Gasteiger partial charge in [-0.3, -0.25) is 9.79 Å². The summed E-state index contributed by atoms with van der Waals surface area (Å²) in [4.78, 5) is 14.6. The van der Waals surface area contributed by atoms with Crippen molar-refractivity contribution in [2.75, 3.05) is 18.1 Å². The predicted molar refractivity (Wildman–Crippen MR) is 60.4 cm³/mol. The molecule has 0 bridgehead atoms. The first kappa shape index (κ1) is 18.0. The molecule has 0 aromatic carbocycles. The first-order valence-electron chi connectivity index (χ1n) is 4.51. The normalized spacial score (nSPS) is 14.7. The molecule has 16 heavy (non-hydrogen) atoms. The van der Waals surface area contributed by atoms with Gasteiger partial charge in [0.1, 0.15) is 5.54 Å². The SMILES string of the molecule is CC(N)=NCCSC[C@@](C)(N)C(=O)O.[O]=[Zn]. The molecule has 0 aliphatic heterocycles. The van der Waals surface area contributed by atoms with Crippen molar-refractivity contribution in [1.29, 1.82) is 0 Å². The quantitative estimate of drug-likeness (QED) is 0.270. The maximum atomic E-state index is 10.6. The molecular weight excluding hydrogens is 284 g/mol. The monoisotopic (exact) mass is 299 g/mol. The molecule has 0 saturated carbocycles. The van der Waals surface area contributed by atoms with E-state index in [2.05, 4.69) is 4.99 Å². The molecule has 0 saturated heterocycles. The van der Waals surface area contributed by atoms with Crippen molar-refractivity contribution >= 4 is 23.6 Å². The third-order valence-electron chi connectivity index (χ3n) is 1.49. The molecule has 0 aromatic rings. The van der Waals surface area contributed by atoms with Crippen LogP contribution in [0, 0.1) is 0 Å². The number of carboxylic acid groups (broad SMARTS) is 1. The Labute approximate surface area is 109 Å². The van der Waals surface area contributed by atoms with Crippen LogP contribution in [-0.2, 0) is 26.6 Å². The fraction of sp³-hybridized carbons (Fsp3) is 0.750. The molecule has 0 aromatic heterocycles. The van der Waals surface area contributed by atoms with Crippen LogP contribution in [0.15, 0.2) is 4.99 Å². The number of nitrogens with zero attached hydrogens (tertiary/aromatic N) is 1. The van der Waals surface area contributed by atoms with E-state index >= 15 is 0 Å². The molecule has 0 fully saturated rings. The van der Waals surface area contributed by atoms with Crippen molar-refractivity contribution in [3.63, 3.8) is 0 Å². The number of aliphatic imine (C=N–C) groups is 1. The second kappa shape index (κ2) is 9.87. The van der Waals surface area contributed by atoms with Crippen LogP contribution in [0.25, 0.3) is 0 Å². The van der Waals surface area contributed by atoms with Crippen LogP contribution in [0.3, 0.4) is 0 Å². The van der Waals surface area contributed by atoms with Gasteiger partial charge in [0.05, 0.1) is 5.84 Å². The Bertz CT molecular complexity index is 245. The molecule has 0 aliphatic rings. The summed E-state index contributed by atoms with van der Waals surface area (Å²) < 4.78 is 8.38. The molecule has 0 heterocycles. The first-order valence-corrected chi connectivity index (χ1v) is 6.88. The number of hydrogen-bond acceptors (Lipinski definition) is 5. The van der Waals surface area contributed by atoms with Crippen molar-refractivity contribution in [3.05, 3.63) is 0 Å². The Morgan fingerprint density at radius 3 is 2.44 bits per heavy atom. The predicted octanol–water partition coefficient (Wildman–Crippen LogP) is -0.223.